The lowest BCUT2D eigenvalue weighted by atomic mass is 10.1. The predicted molar refractivity (Wildman–Crippen MR) is 68.5 cm³/mol. The SMILES string of the molecule is CC(CCO)NCCCCc1ccccc1. The molecule has 2 heteroatoms. The van der Waals surface area contributed by atoms with Gasteiger partial charge in [0.05, 0.1) is 0 Å². The predicted octanol–water partition coefficient (Wildman–Crippen LogP) is 2.37. The van der Waals surface area contributed by atoms with Crippen molar-refractivity contribution in [3.63, 3.8) is 0 Å². The van der Waals surface area contributed by atoms with Gasteiger partial charge in [0.2, 0.25) is 0 Å². The third kappa shape index (κ3) is 5.89. The maximum absolute atomic E-state index is 8.75. The smallest absolute Gasteiger partial charge is 0.0445 e. The van der Waals surface area contributed by atoms with Crippen LogP contribution in [-0.2, 0) is 6.42 Å². The summed E-state index contributed by atoms with van der Waals surface area (Å²) in [5.74, 6) is 0. The normalized spacial score (nSPS) is 12.6. The van der Waals surface area contributed by atoms with E-state index in [1.807, 2.05) is 0 Å². The van der Waals surface area contributed by atoms with Crippen LogP contribution < -0.4 is 5.32 Å². The fourth-order valence-corrected chi connectivity index (χ4v) is 1.74. The highest BCUT2D eigenvalue weighted by atomic mass is 16.3. The molecule has 0 bridgehead atoms. The van der Waals surface area contributed by atoms with Gasteiger partial charge >= 0.3 is 0 Å². The number of aliphatic hydroxyl groups is 1. The van der Waals surface area contributed by atoms with Crippen molar-refractivity contribution in [2.45, 2.75) is 38.6 Å². The highest BCUT2D eigenvalue weighted by Crippen LogP contribution is 2.04. The van der Waals surface area contributed by atoms with Gasteiger partial charge in [0.15, 0.2) is 0 Å². The third-order valence-electron chi connectivity index (χ3n) is 2.79. The minimum absolute atomic E-state index is 0.276. The first-order chi connectivity index (χ1) is 7.83. The number of aryl methyl sites for hydroxylation is 1. The van der Waals surface area contributed by atoms with Gasteiger partial charge in [0.1, 0.15) is 0 Å². The molecule has 0 amide bonds. The van der Waals surface area contributed by atoms with Gasteiger partial charge in [0.25, 0.3) is 0 Å². The van der Waals surface area contributed by atoms with E-state index < -0.39 is 0 Å². The Morgan fingerprint density at radius 1 is 1.19 bits per heavy atom. The van der Waals surface area contributed by atoms with Crippen LogP contribution in [0.15, 0.2) is 30.3 Å². The van der Waals surface area contributed by atoms with Crippen LogP contribution in [0.25, 0.3) is 0 Å². The minimum Gasteiger partial charge on any atom is -0.396 e. The Balaban J connectivity index is 2.00. The molecule has 1 atom stereocenters. The quantitative estimate of drug-likeness (QED) is 0.661. The molecule has 2 N–H and O–H groups in total. The zero-order valence-electron chi connectivity index (χ0n) is 10.2. The van der Waals surface area contributed by atoms with Crippen LogP contribution >= 0.6 is 0 Å². The molecule has 1 unspecified atom stereocenters. The number of rotatable bonds is 8. The standard InChI is InChI=1S/C14H23NO/c1-13(10-12-16)15-11-6-5-9-14-7-3-2-4-8-14/h2-4,7-8,13,15-16H,5-6,9-12H2,1H3. The van der Waals surface area contributed by atoms with E-state index in [0.29, 0.717) is 6.04 Å². The summed E-state index contributed by atoms with van der Waals surface area (Å²) in [5, 5.41) is 12.2. The number of hydrogen-bond acceptors (Lipinski definition) is 2. The lowest BCUT2D eigenvalue weighted by Gasteiger charge is -2.11. The summed E-state index contributed by atoms with van der Waals surface area (Å²) in [6, 6.07) is 11.0. The number of benzene rings is 1. The van der Waals surface area contributed by atoms with E-state index >= 15 is 0 Å². The Bertz CT molecular complexity index is 261. The Labute approximate surface area is 98.7 Å². The molecule has 0 saturated heterocycles. The van der Waals surface area contributed by atoms with Gasteiger partial charge in [-0.1, -0.05) is 30.3 Å². The van der Waals surface area contributed by atoms with E-state index in [0.717, 1.165) is 19.4 Å². The van der Waals surface area contributed by atoms with Crippen molar-refractivity contribution in [3.05, 3.63) is 35.9 Å². The summed E-state index contributed by atoms with van der Waals surface area (Å²) >= 11 is 0. The minimum atomic E-state index is 0.276. The molecule has 0 aliphatic carbocycles. The zero-order valence-corrected chi connectivity index (χ0v) is 10.2. The third-order valence-corrected chi connectivity index (χ3v) is 2.79. The molecule has 0 aliphatic heterocycles. The van der Waals surface area contributed by atoms with Crippen molar-refractivity contribution in [2.75, 3.05) is 13.2 Å². The molecule has 1 rings (SSSR count). The van der Waals surface area contributed by atoms with Crippen molar-refractivity contribution in [1.29, 1.82) is 0 Å². The first-order valence-electron chi connectivity index (χ1n) is 6.21. The summed E-state index contributed by atoms with van der Waals surface area (Å²) in [6.45, 7) is 3.44. The first kappa shape index (κ1) is 13.2. The number of nitrogens with one attached hydrogen (secondary N) is 1. The number of unbranched alkanes of at least 4 members (excludes halogenated alkanes) is 1. The van der Waals surface area contributed by atoms with Crippen molar-refractivity contribution in [2.24, 2.45) is 0 Å². The van der Waals surface area contributed by atoms with Crippen LogP contribution in [0, 0.1) is 0 Å². The fraction of sp³-hybridized carbons (Fsp3) is 0.571. The summed E-state index contributed by atoms with van der Waals surface area (Å²) in [6.07, 6.45) is 4.43. The second-order valence-electron chi connectivity index (χ2n) is 4.31. The van der Waals surface area contributed by atoms with Crippen LogP contribution in [0.1, 0.15) is 31.7 Å². The monoisotopic (exact) mass is 221 g/mol. The van der Waals surface area contributed by atoms with E-state index in [1.165, 1.54) is 18.4 Å². The second kappa shape index (κ2) is 8.31. The number of hydrogen-bond donors (Lipinski definition) is 2. The molecule has 0 aliphatic rings. The van der Waals surface area contributed by atoms with Gasteiger partial charge in [-0.15, -0.1) is 0 Å². The van der Waals surface area contributed by atoms with Gasteiger partial charge in [-0.2, -0.15) is 0 Å². The molecule has 0 heterocycles. The largest absolute Gasteiger partial charge is 0.396 e. The lowest BCUT2D eigenvalue weighted by molar-refractivity contribution is 0.269. The van der Waals surface area contributed by atoms with E-state index in [1.54, 1.807) is 0 Å². The highest BCUT2D eigenvalue weighted by Gasteiger charge is 1.98. The van der Waals surface area contributed by atoms with Crippen LogP contribution in [0.2, 0.25) is 0 Å². The van der Waals surface area contributed by atoms with Gasteiger partial charge in [-0.25, -0.2) is 0 Å². The first-order valence-corrected chi connectivity index (χ1v) is 6.21. The van der Waals surface area contributed by atoms with Crippen LogP contribution in [0.3, 0.4) is 0 Å². The second-order valence-corrected chi connectivity index (χ2v) is 4.31. The lowest BCUT2D eigenvalue weighted by Crippen LogP contribution is -2.27. The molecule has 0 saturated carbocycles. The van der Waals surface area contributed by atoms with Crippen molar-refractivity contribution in [3.8, 4) is 0 Å². The van der Waals surface area contributed by atoms with Gasteiger partial charge in [0, 0.05) is 12.6 Å². The van der Waals surface area contributed by atoms with Gasteiger partial charge in [-0.05, 0) is 44.7 Å². The van der Waals surface area contributed by atoms with Gasteiger partial charge in [-0.3, -0.25) is 0 Å². The molecule has 16 heavy (non-hydrogen) atoms. The van der Waals surface area contributed by atoms with Crippen LogP contribution in [0.4, 0.5) is 0 Å². The summed E-state index contributed by atoms with van der Waals surface area (Å²) < 4.78 is 0. The van der Waals surface area contributed by atoms with Crippen LogP contribution in [-0.4, -0.2) is 24.3 Å². The molecule has 0 radical (unpaired) electrons. The molecule has 0 spiro atoms. The summed E-state index contributed by atoms with van der Waals surface area (Å²) in [4.78, 5) is 0. The molecule has 1 aromatic carbocycles. The average molecular weight is 221 g/mol. The van der Waals surface area contributed by atoms with Crippen LogP contribution in [0.5, 0.6) is 0 Å². The van der Waals surface area contributed by atoms with Crippen molar-refractivity contribution < 1.29 is 5.11 Å². The van der Waals surface area contributed by atoms with E-state index in [9.17, 15) is 0 Å². The zero-order chi connectivity index (χ0) is 11.6. The molecule has 0 fully saturated rings. The van der Waals surface area contributed by atoms with Crippen molar-refractivity contribution >= 4 is 0 Å². The summed E-state index contributed by atoms with van der Waals surface area (Å²) in [7, 11) is 0. The van der Waals surface area contributed by atoms with E-state index in [2.05, 4.69) is 42.6 Å². The topological polar surface area (TPSA) is 32.3 Å². The molecule has 90 valence electrons. The average Bonchev–Trinajstić information content (AvgIpc) is 2.30. The molecule has 0 aromatic heterocycles. The fourth-order valence-electron chi connectivity index (χ4n) is 1.74. The summed E-state index contributed by atoms with van der Waals surface area (Å²) in [5.41, 5.74) is 1.42. The van der Waals surface area contributed by atoms with E-state index in [-0.39, 0.29) is 6.61 Å². The molecule has 2 nitrogen and oxygen atoms in total. The van der Waals surface area contributed by atoms with Gasteiger partial charge < -0.3 is 10.4 Å². The maximum Gasteiger partial charge on any atom is 0.0445 e. The van der Waals surface area contributed by atoms with Crippen molar-refractivity contribution in [1.82, 2.24) is 5.32 Å². The Morgan fingerprint density at radius 3 is 2.62 bits per heavy atom. The highest BCUT2D eigenvalue weighted by molar-refractivity contribution is 5.14. The Kier molecular flexibility index (Phi) is 6.86. The molecular formula is C14H23NO. The Hall–Kier alpha value is -0.860. The number of aliphatic hydroxyl groups excluding tert-OH is 1. The molecular weight excluding hydrogens is 198 g/mol. The van der Waals surface area contributed by atoms with E-state index in [4.69, 9.17) is 5.11 Å². The Morgan fingerprint density at radius 2 is 1.94 bits per heavy atom. The molecule has 1 aromatic rings. The maximum atomic E-state index is 8.75.